The molecule has 1 atom stereocenters. The maximum atomic E-state index is 11.6. The summed E-state index contributed by atoms with van der Waals surface area (Å²) >= 11 is 0. The number of rotatable bonds is 4. The largest absolute Gasteiger partial charge is 0.497 e. The Labute approximate surface area is 100 Å². The molecule has 0 spiro atoms. The summed E-state index contributed by atoms with van der Waals surface area (Å²) in [6, 6.07) is 6.95. The lowest BCUT2D eigenvalue weighted by Crippen LogP contribution is -2.17. The molecule has 0 saturated carbocycles. The summed E-state index contributed by atoms with van der Waals surface area (Å²) in [6.07, 6.45) is 2.32. The predicted octanol–water partition coefficient (Wildman–Crippen LogP) is 2.17. The molecule has 0 radical (unpaired) electrons. The number of hydrogen-bond donors (Lipinski definition) is 0. The third kappa shape index (κ3) is 3.46. The lowest BCUT2D eigenvalue weighted by Gasteiger charge is -2.09. The molecule has 0 aromatic heterocycles. The van der Waals surface area contributed by atoms with Crippen LogP contribution in [0.3, 0.4) is 0 Å². The van der Waals surface area contributed by atoms with Gasteiger partial charge in [-0.2, -0.15) is 0 Å². The van der Waals surface area contributed by atoms with E-state index in [0.717, 1.165) is 25.2 Å². The van der Waals surface area contributed by atoms with Crippen LogP contribution in [0.5, 0.6) is 11.5 Å². The lowest BCUT2D eigenvalue weighted by atomic mass is 10.2. The van der Waals surface area contributed by atoms with Gasteiger partial charge in [-0.1, -0.05) is 0 Å². The van der Waals surface area contributed by atoms with E-state index >= 15 is 0 Å². The summed E-state index contributed by atoms with van der Waals surface area (Å²) in [5.74, 6) is 1.03. The van der Waals surface area contributed by atoms with Crippen LogP contribution < -0.4 is 9.47 Å². The molecule has 92 valence electrons. The molecule has 0 aliphatic carbocycles. The standard InChI is InChI=1S/C13H16O4/c1-15-10-4-6-11(7-5-10)17-13(14)9-12-3-2-8-16-12/h4-7,12H,2-3,8-9H2,1H3/t12-/m1/s1. The van der Waals surface area contributed by atoms with Crippen LogP contribution in [0.1, 0.15) is 19.3 Å². The smallest absolute Gasteiger partial charge is 0.313 e. The van der Waals surface area contributed by atoms with Gasteiger partial charge < -0.3 is 14.2 Å². The van der Waals surface area contributed by atoms with Gasteiger partial charge in [-0.05, 0) is 37.1 Å². The zero-order valence-electron chi connectivity index (χ0n) is 9.85. The number of methoxy groups -OCH3 is 1. The average Bonchev–Trinajstić information content (AvgIpc) is 2.82. The zero-order chi connectivity index (χ0) is 12.1. The fourth-order valence-corrected chi connectivity index (χ4v) is 1.81. The van der Waals surface area contributed by atoms with Gasteiger partial charge in [0.2, 0.25) is 0 Å². The van der Waals surface area contributed by atoms with Gasteiger partial charge in [0.15, 0.2) is 0 Å². The summed E-state index contributed by atoms with van der Waals surface area (Å²) in [5, 5.41) is 0. The summed E-state index contributed by atoms with van der Waals surface area (Å²) < 4.78 is 15.6. The molecule has 1 aliphatic rings. The molecule has 0 unspecified atom stereocenters. The van der Waals surface area contributed by atoms with Gasteiger partial charge in [-0.3, -0.25) is 4.79 Å². The summed E-state index contributed by atoms with van der Waals surface area (Å²) in [7, 11) is 1.60. The molecule has 0 N–H and O–H groups in total. The number of esters is 1. The normalized spacial score (nSPS) is 19.0. The highest BCUT2D eigenvalue weighted by molar-refractivity contribution is 5.72. The van der Waals surface area contributed by atoms with Crippen molar-refractivity contribution in [2.75, 3.05) is 13.7 Å². The van der Waals surface area contributed by atoms with E-state index in [4.69, 9.17) is 14.2 Å². The minimum absolute atomic E-state index is 0.0285. The molecule has 1 saturated heterocycles. The maximum absolute atomic E-state index is 11.6. The van der Waals surface area contributed by atoms with Crippen LogP contribution >= 0.6 is 0 Å². The Morgan fingerprint density at radius 3 is 2.65 bits per heavy atom. The highest BCUT2D eigenvalue weighted by Crippen LogP contribution is 2.19. The molecule has 0 amide bonds. The van der Waals surface area contributed by atoms with Gasteiger partial charge in [0, 0.05) is 6.61 Å². The second kappa shape index (κ2) is 5.68. The summed E-state index contributed by atoms with van der Waals surface area (Å²) in [5.41, 5.74) is 0. The second-order valence-electron chi connectivity index (χ2n) is 3.99. The number of hydrogen-bond acceptors (Lipinski definition) is 4. The third-order valence-electron chi connectivity index (χ3n) is 2.71. The topological polar surface area (TPSA) is 44.8 Å². The van der Waals surface area contributed by atoms with E-state index in [1.807, 2.05) is 0 Å². The highest BCUT2D eigenvalue weighted by Gasteiger charge is 2.20. The van der Waals surface area contributed by atoms with Crippen molar-refractivity contribution in [3.8, 4) is 11.5 Å². The molecule has 1 heterocycles. The van der Waals surface area contributed by atoms with E-state index in [-0.39, 0.29) is 12.1 Å². The van der Waals surface area contributed by atoms with E-state index in [2.05, 4.69) is 0 Å². The van der Waals surface area contributed by atoms with Crippen molar-refractivity contribution < 1.29 is 19.0 Å². The van der Waals surface area contributed by atoms with Crippen molar-refractivity contribution in [2.24, 2.45) is 0 Å². The van der Waals surface area contributed by atoms with Crippen molar-refractivity contribution >= 4 is 5.97 Å². The minimum Gasteiger partial charge on any atom is -0.497 e. The van der Waals surface area contributed by atoms with Crippen LogP contribution in [0.25, 0.3) is 0 Å². The van der Waals surface area contributed by atoms with Crippen LogP contribution in [-0.2, 0) is 9.53 Å². The molecule has 4 nitrogen and oxygen atoms in total. The number of benzene rings is 1. The van der Waals surface area contributed by atoms with Crippen molar-refractivity contribution in [2.45, 2.75) is 25.4 Å². The van der Waals surface area contributed by atoms with Crippen LogP contribution in [0.2, 0.25) is 0 Å². The fraction of sp³-hybridized carbons (Fsp3) is 0.462. The van der Waals surface area contributed by atoms with Crippen molar-refractivity contribution in [3.63, 3.8) is 0 Å². The van der Waals surface area contributed by atoms with Gasteiger partial charge in [-0.15, -0.1) is 0 Å². The Bertz CT molecular complexity index is 366. The van der Waals surface area contributed by atoms with Crippen LogP contribution in [-0.4, -0.2) is 25.8 Å². The molecule has 17 heavy (non-hydrogen) atoms. The first-order valence-electron chi connectivity index (χ1n) is 5.74. The Balaban J connectivity index is 1.84. The zero-order valence-corrected chi connectivity index (χ0v) is 9.85. The van der Waals surface area contributed by atoms with Crippen molar-refractivity contribution in [1.29, 1.82) is 0 Å². The van der Waals surface area contributed by atoms with E-state index in [1.165, 1.54) is 0 Å². The third-order valence-corrected chi connectivity index (χ3v) is 2.71. The van der Waals surface area contributed by atoms with Gasteiger partial charge >= 0.3 is 5.97 Å². The Hall–Kier alpha value is -1.55. The SMILES string of the molecule is COc1ccc(OC(=O)C[C@H]2CCCO2)cc1. The van der Waals surface area contributed by atoms with Crippen LogP contribution in [0.15, 0.2) is 24.3 Å². The molecule has 1 aromatic rings. The molecule has 1 aliphatic heterocycles. The summed E-state index contributed by atoms with van der Waals surface area (Å²) in [4.78, 5) is 11.6. The molecule has 1 fully saturated rings. The van der Waals surface area contributed by atoms with Gasteiger partial charge in [-0.25, -0.2) is 0 Å². The van der Waals surface area contributed by atoms with Crippen LogP contribution in [0, 0.1) is 0 Å². The first-order chi connectivity index (χ1) is 8.28. The van der Waals surface area contributed by atoms with Gasteiger partial charge in [0.1, 0.15) is 11.5 Å². The lowest BCUT2D eigenvalue weighted by molar-refractivity contribution is -0.136. The van der Waals surface area contributed by atoms with Crippen LogP contribution in [0.4, 0.5) is 0 Å². The van der Waals surface area contributed by atoms with E-state index in [0.29, 0.717) is 12.2 Å². The van der Waals surface area contributed by atoms with E-state index in [1.54, 1.807) is 31.4 Å². The second-order valence-corrected chi connectivity index (χ2v) is 3.99. The quantitative estimate of drug-likeness (QED) is 0.593. The predicted molar refractivity (Wildman–Crippen MR) is 62.2 cm³/mol. The van der Waals surface area contributed by atoms with Crippen molar-refractivity contribution in [3.05, 3.63) is 24.3 Å². The first kappa shape index (κ1) is 11.9. The summed E-state index contributed by atoms with van der Waals surface area (Å²) in [6.45, 7) is 0.750. The van der Waals surface area contributed by atoms with E-state index < -0.39 is 0 Å². The maximum Gasteiger partial charge on any atom is 0.313 e. The molecular formula is C13H16O4. The Morgan fingerprint density at radius 1 is 1.35 bits per heavy atom. The van der Waals surface area contributed by atoms with Gasteiger partial charge in [0.25, 0.3) is 0 Å². The van der Waals surface area contributed by atoms with Gasteiger partial charge in [0.05, 0.1) is 19.6 Å². The average molecular weight is 236 g/mol. The molecule has 4 heteroatoms. The Morgan fingerprint density at radius 2 is 2.06 bits per heavy atom. The minimum atomic E-state index is -0.248. The first-order valence-corrected chi connectivity index (χ1v) is 5.74. The Kier molecular flexibility index (Phi) is 3.98. The molecule has 0 bridgehead atoms. The number of carbonyl (C=O) groups is 1. The fourth-order valence-electron chi connectivity index (χ4n) is 1.81. The number of carbonyl (C=O) groups excluding carboxylic acids is 1. The highest BCUT2D eigenvalue weighted by atomic mass is 16.5. The molecular weight excluding hydrogens is 220 g/mol. The molecule has 2 rings (SSSR count). The van der Waals surface area contributed by atoms with Crippen molar-refractivity contribution in [1.82, 2.24) is 0 Å². The number of ether oxygens (including phenoxy) is 3. The monoisotopic (exact) mass is 236 g/mol. The molecule has 1 aromatic carbocycles. The van der Waals surface area contributed by atoms with E-state index in [9.17, 15) is 4.79 Å².